The van der Waals surface area contributed by atoms with Gasteiger partial charge in [-0.15, -0.1) is 0 Å². The van der Waals surface area contributed by atoms with Crippen molar-refractivity contribution < 1.29 is 9.59 Å². The SMILES string of the molecule is Cc1cc(C)cc(C(=O)Nc2ccc(C(=O)c3nccn3C)cc2)c1. The molecule has 0 aliphatic heterocycles. The molecule has 2 aromatic carbocycles. The maximum absolute atomic E-state index is 12.4. The van der Waals surface area contributed by atoms with Crippen molar-refractivity contribution in [3.8, 4) is 0 Å². The minimum absolute atomic E-state index is 0.153. The van der Waals surface area contributed by atoms with E-state index in [-0.39, 0.29) is 11.7 Å². The van der Waals surface area contributed by atoms with Crippen LogP contribution in [0.5, 0.6) is 0 Å². The van der Waals surface area contributed by atoms with Crippen molar-refractivity contribution in [3.05, 3.63) is 82.9 Å². The number of benzene rings is 2. The first-order chi connectivity index (χ1) is 11.9. The first-order valence-corrected chi connectivity index (χ1v) is 7.96. The van der Waals surface area contributed by atoms with E-state index in [1.165, 1.54) is 0 Å². The van der Waals surface area contributed by atoms with Crippen molar-refractivity contribution in [1.29, 1.82) is 0 Å². The smallest absolute Gasteiger partial charge is 0.255 e. The Bertz CT molecular complexity index is 920. The second-order valence-electron chi connectivity index (χ2n) is 6.10. The summed E-state index contributed by atoms with van der Waals surface area (Å²) in [7, 11) is 1.78. The molecule has 0 saturated heterocycles. The fourth-order valence-electron chi connectivity index (χ4n) is 2.73. The maximum atomic E-state index is 12.4. The van der Waals surface area contributed by atoms with Crippen LogP contribution >= 0.6 is 0 Å². The van der Waals surface area contributed by atoms with E-state index in [0.29, 0.717) is 22.6 Å². The van der Waals surface area contributed by atoms with E-state index in [1.54, 1.807) is 48.3 Å². The fourth-order valence-corrected chi connectivity index (χ4v) is 2.73. The monoisotopic (exact) mass is 333 g/mol. The maximum Gasteiger partial charge on any atom is 0.255 e. The van der Waals surface area contributed by atoms with Crippen LogP contribution in [0, 0.1) is 13.8 Å². The number of hydrogen-bond donors (Lipinski definition) is 1. The van der Waals surface area contributed by atoms with Gasteiger partial charge in [-0.05, 0) is 50.2 Å². The number of rotatable bonds is 4. The Labute approximate surface area is 146 Å². The molecule has 0 unspecified atom stereocenters. The highest BCUT2D eigenvalue weighted by Crippen LogP contribution is 2.15. The van der Waals surface area contributed by atoms with Gasteiger partial charge in [0.15, 0.2) is 5.82 Å². The third-order valence-electron chi connectivity index (χ3n) is 3.91. The Hall–Kier alpha value is -3.21. The number of hydrogen-bond acceptors (Lipinski definition) is 3. The molecule has 0 aliphatic rings. The van der Waals surface area contributed by atoms with Gasteiger partial charge in [0.05, 0.1) is 0 Å². The van der Waals surface area contributed by atoms with E-state index >= 15 is 0 Å². The molecule has 0 radical (unpaired) electrons. The molecule has 0 atom stereocenters. The molecular weight excluding hydrogens is 314 g/mol. The van der Waals surface area contributed by atoms with Crippen LogP contribution in [-0.4, -0.2) is 21.2 Å². The van der Waals surface area contributed by atoms with Crippen LogP contribution in [0.25, 0.3) is 0 Å². The first-order valence-electron chi connectivity index (χ1n) is 7.96. The zero-order valence-corrected chi connectivity index (χ0v) is 14.4. The number of carbonyl (C=O) groups is 2. The molecule has 0 bridgehead atoms. The van der Waals surface area contributed by atoms with Gasteiger partial charge in [0, 0.05) is 36.3 Å². The Morgan fingerprint density at radius 1 is 0.960 bits per heavy atom. The molecule has 5 nitrogen and oxygen atoms in total. The Balaban J connectivity index is 1.75. The van der Waals surface area contributed by atoms with Crippen molar-refractivity contribution in [1.82, 2.24) is 9.55 Å². The van der Waals surface area contributed by atoms with Crippen molar-refractivity contribution in [3.63, 3.8) is 0 Å². The van der Waals surface area contributed by atoms with Gasteiger partial charge < -0.3 is 9.88 Å². The average Bonchev–Trinajstić information content (AvgIpc) is 3.00. The highest BCUT2D eigenvalue weighted by molar-refractivity contribution is 6.07. The highest BCUT2D eigenvalue weighted by Gasteiger charge is 2.14. The number of imidazole rings is 1. The lowest BCUT2D eigenvalue weighted by Gasteiger charge is -2.08. The molecule has 0 saturated carbocycles. The minimum atomic E-state index is -0.171. The van der Waals surface area contributed by atoms with Gasteiger partial charge in [-0.1, -0.05) is 17.2 Å². The van der Waals surface area contributed by atoms with Gasteiger partial charge in [-0.3, -0.25) is 9.59 Å². The van der Waals surface area contributed by atoms with Gasteiger partial charge in [0.25, 0.3) is 5.91 Å². The number of nitrogens with one attached hydrogen (secondary N) is 1. The lowest BCUT2D eigenvalue weighted by molar-refractivity contribution is 0.102. The summed E-state index contributed by atoms with van der Waals surface area (Å²) in [6, 6.07) is 12.5. The number of carbonyl (C=O) groups excluding carboxylic acids is 2. The summed E-state index contributed by atoms with van der Waals surface area (Å²) in [6.45, 7) is 3.92. The molecular formula is C20H19N3O2. The predicted molar refractivity (Wildman–Crippen MR) is 97.0 cm³/mol. The lowest BCUT2D eigenvalue weighted by Crippen LogP contribution is -2.13. The van der Waals surface area contributed by atoms with Crippen LogP contribution in [0.15, 0.2) is 54.9 Å². The molecule has 126 valence electrons. The average molecular weight is 333 g/mol. The summed E-state index contributed by atoms with van der Waals surface area (Å²) in [6.07, 6.45) is 3.32. The molecule has 3 rings (SSSR count). The first kappa shape index (κ1) is 16.6. The minimum Gasteiger partial charge on any atom is -0.331 e. The van der Waals surface area contributed by atoms with Crippen LogP contribution in [0.3, 0.4) is 0 Å². The summed E-state index contributed by atoms with van der Waals surface area (Å²) in [5.41, 5.74) is 3.87. The van der Waals surface area contributed by atoms with Crippen molar-refractivity contribution in [2.24, 2.45) is 7.05 Å². The van der Waals surface area contributed by atoms with E-state index in [4.69, 9.17) is 0 Å². The van der Waals surface area contributed by atoms with Crippen LogP contribution < -0.4 is 5.32 Å². The fraction of sp³-hybridized carbons (Fsp3) is 0.150. The van der Waals surface area contributed by atoms with E-state index in [9.17, 15) is 9.59 Å². The Kier molecular flexibility index (Phi) is 4.48. The second kappa shape index (κ2) is 6.73. The van der Waals surface area contributed by atoms with Crippen LogP contribution in [0.2, 0.25) is 0 Å². The highest BCUT2D eigenvalue weighted by atomic mass is 16.1. The molecule has 1 N–H and O–H groups in total. The van der Waals surface area contributed by atoms with Gasteiger partial charge >= 0.3 is 0 Å². The molecule has 5 heteroatoms. The predicted octanol–water partition coefficient (Wildman–Crippen LogP) is 3.52. The lowest BCUT2D eigenvalue weighted by atomic mass is 10.1. The van der Waals surface area contributed by atoms with E-state index in [1.807, 2.05) is 32.0 Å². The van der Waals surface area contributed by atoms with Gasteiger partial charge in [-0.2, -0.15) is 0 Å². The van der Waals surface area contributed by atoms with Crippen molar-refractivity contribution in [2.75, 3.05) is 5.32 Å². The zero-order valence-electron chi connectivity index (χ0n) is 14.4. The molecule has 0 spiro atoms. The number of ketones is 1. The third-order valence-corrected chi connectivity index (χ3v) is 3.91. The number of nitrogens with zero attached hydrogens (tertiary/aromatic N) is 2. The van der Waals surface area contributed by atoms with E-state index in [2.05, 4.69) is 10.3 Å². The summed E-state index contributed by atoms with van der Waals surface area (Å²) >= 11 is 0. The van der Waals surface area contributed by atoms with Gasteiger partial charge in [0.1, 0.15) is 0 Å². The number of amides is 1. The van der Waals surface area contributed by atoms with Crippen molar-refractivity contribution >= 4 is 17.4 Å². The molecule has 25 heavy (non-hydrogen) atoms. The number of anilines is 1. The van der Waals surface area contributed by atoms with Crippen LogP contribution in [0.4, 0.5) is 5.69 Å². The molecule has 0 fully saturated rings. The quantitative estimate of drug-likeness (QED) is 0.743. The molecule has 1 aromatic heterocycles. The molecule has 1 heterocycles. The topological polar surface area (TPSA) is 64.0 Å². The third kappa shape index (κ3) is 3.66. The standard InChI is InChI=1S/C20H19N3O2/c1-13-10-14(2)12-16(11-13)20(25)22-17-6-4-15(5-7-17)18(24)19-21-8-9-23(19)3/h4-12H,1-3H3,(H,22,25). The number of aryl methyl sites for hydroxylation is 3. The van der Waals surface area contributed by atoms with Gasteiger partial charge in [-0.25, -0.2) is 4.98 Å². The van der Waals surface area contributed by atoms with Crippen LogP contribution in [0.1, 0.15) is 37.7 Å². The largest absolute Gasteiger partial charge is 0.331 e. The van der Waals surface area contributed by atoms with Gasteiger partial charge in [0.2, 0.25) is 5.78 Å². The second-order valence-corrected chi connectivity index (χ2v) is 6.10. The summed E-state index contributed by atoms with van der Waals surface area (Å²) < 4.78 is 1.68. The van der Waals surface area contributed by atoms with E-state index < -0.39 is 0 Å². The van der Waals surface area contributed by atoms with Crippen LogP contribution in [-0.2, 0) is 7.05 Å². The zero-order chi connectivity index (χ0) is 18.0. The van der Waals surface area contributed by atoms with Crippen molar-refractivity contribution in [2.45, 2.75) is 13.8 Å². The summed E-state index contributed by atoms with van der Waals surface area (Å²) in [5, 5.41) is 2.85. The summed E-state index contributed by atoms with van der Waals surface area (Å²) in [4.78, 5) is 28.8. The Morgan fingerprint density at radius 2 is 1.60 bits per heavy atom. The molecule has 3 aromatic rings. The molecule has 0 aliphatic carbocycles. The van der Waals surface area contributed by atoms with E-state index in [0.717, 1.165) is 11.1 Å². The number of aromatic nitrogens is 2. The molecule has 1 amide bonds. The normalized spacial score (nSPS) is 10.5. The Morgan fingerprint density at radius 3 is 2.16 bits per heavy atom. The summed E-state index contributed by atoms with van der Waals surface area (Å²) in [5.74, 6) is 0.0571.